The Labute approximate surface area is 118 Å². The van der Waals surface area contributed by atoms with Crippen LogP contribution in [-0.4, -0.2) is 35.7 Å². The molecule has 0 aliphatic carbocycles. The molecule has 106 valence electrons. The third kappa shape index (κ3) is 2.71. The van der Waals surface area contributed by atoms with Gasteiger partial charge in [-0.3, -0.25) is 19.3 Å². The monoisotopic (exact) mass is 274 g/mol. The Balaban J connectivity index is 2.23. The van der Waals surface area contributed by atoms with Gasteiger partial charge in [0.05, 0.1) is 6.04 Å². The van der Waals surface area contributed by atoms with E-state index in [9.17, 15) is 14.4 Å². The summed E-state index contributed by atoms with van der Waals surface area (Å²) in [5.74, 6) is -0.339. The number of nitrogens with zero attached hydrogens (tertiary/aromatic N) is 1. The summed E-state index contributed by atoms with van der Waals surface area (Å²) in [6.45, 7) is 4.13. The first kappa shape index (κ1) is 14.2. The van der Waals surface area contributed by atoms with E-state index < -0.39 is 0 Å². The van der Waals surface area contributed by atoms with E-state index in [0.717, 1.165) is 11.1 Å². The largest absolute Gasteiger partial charge is 0.354 e. The molecule has 5 nitrogen and oxygen atoms in total. The van der Waals surface area contributed by atoms with E-state index in [2.05, 4.69) is 5.32 Å². The van der Waals surface area contributed by atoms with Crippen LogP contribution in [0.3, 0.4) is 0 Å². The molecule has 1 fully saturated rings. The van der Waals surface area contributed by atoms with Crippen molar-refractivity contribution in [2.75, 3.05) is 6.54 Å². The molecule has 0 spiro atoms. The molecule has 1 aromatic rings. The maximum absolute atomic E-state index is 12.5. The first-order chi connectivity index (χ1) is 9.54. The van der Waals surface area contributed by atoms with Gasteiger partial charge >= 0.3 is 0 Å². The third-order valence-electron chi connectivity index (χ3n) is 3.82. The number of carbonyl (C=O) groups is 3. The average molecular weight is 274 g/mol. The molecule has 1 aliphatic heterocycles. The van der Waals surface area contributed by atoms with Gasteiger partial charge in [-0.2, -0.15) is 0 Å². The Morgan fingerprint density at radius 2 is 2.15 bits per heavy atom. The van der Waals surface area contributed by atoms with Gasteiger partial charge in [-0.1, -0.05) is 12.1 Å². The summed E-state index contributed by atoms with van der Waals surface area (Å²) in [5, 5.41) is 2.69. The Morgan fingerprint density at radius 1 is 1.40 bits per heavy atom. The van der Waals surface area contributed by atoms with Crippen LogP contribution in [0.2, 0.25) is 0 Å². The number of hydrogen-bond acceptors (Lipinski definition) is 3. The zero-order valence-electron chi connectivity index (χ0n) is 11.7. The summed E-state index contributed by atoms with van der Waals surface area (Å²) in [6, 6.07) is 5.19. The molecule has 0 saturated carbocycles. The van der Waals surface area contributed by atoms with Crippen LogP contribution in [0.25, 0.3) is 0 Å². The first-order valence-corrected chi connectivity index (χ1v) is 6.65. The number of piperidine rings is 1. The summed E-state index contributed by atoms with van der Waals surface area (Å²) in [5.41, 5.74) is 2.43. The van der Waals surface area contributed by atoms with Gasteiger partial charge in [0.25, 0.3) is 5.91 Å². The van der Waals surface area contributed by atoms with Crippen molar-refractivity contribution in [3.05, 3.63) is 34.9 Å². The second kappa shape index (κ2) is 5.86. The van der Waals surface area contributed by atoms with Crippen molar-refractivity contribution in [2.24, 2.45) is 0 Å². The van der Waals surface area contributed by atoms with E-state index in [1.165, 1.54) is 4.90 Å². The van der Waals surface area contributed by atoms with Crippen LogP contribution in [0.15, 0.2) is 18.2 Å². The standard InChI is InChI=1S/C15H18N2O3/c1-10-4-3-5-13(11(10)2)15(20)17(9-18)12-6-7-14(19)16-8-12/h3-5,9,12H,6-8H2,1-2H3,(H,16,19). The van der Waals surface area contributed by atoms with Crippen molar-refractivity contribution in [2.45, 2.75) is 32.7 Å². The van der Waals surface area contributed by atoms with Crippen LogP contribution in [0.5, 0.6) is 0 Å². The highest BCUT2D eigenvalue weighted by molar-refractivity contribution is 6.01. The number of rotatable bonds is 3. The van der Waals surface area contributed by atoms with Gasteiger partial charge in [0.15, 0.2) is 0 Å². The van der Waals surface area contributed by atoms with Gasteiger partial charge in [0.2, 0.25) is 12.3 Å². The lowest BCUT2D eigenvalue weighted by Gasteiger charge is -2.30. The fourth-order valence-corrected chi connectivity index (χ4v) is 2.38. The van der Waals surface area contributed by atoms with Crippen LogP contribution >= 0.6 is 0 Å². The van der Waals surface area contributed by atoms with Gasteiger partial charge < -0.3 is 5.32 Å². The molecule has 1 aromatic carbocycles. The van der Waals surface area contributed by atoms with Crippen molar-refractivity contribution in [1.82, 2.24) is 10.2 Å². The molecule has 0 radical (unpaired) electrons. The van der Waals surface area contributed by atoms with Crippen LogP contribution < -0.4 is 5.32 Å². The lowest BCUT2D eigenvalue weighted by atomic mass is 10.0. The predicted molar refractivity (Wildman–Crippen MR) is 74.2 cm³/mol. The molecule has 3 amide bonds. The van der Waals surface area contributed by atoms with Crippen molar-refractivity contribution in [1.29, 1.82) is 0 Å². The third-order valence-corrected chi connectivity index (χ3v) is 3.82. The molecule has 0 bridgehead atoms. The summed E-state index contributed by atoms with van der Waals surface area (Å²) in [6.07, 6.45) is 1.42. The first-order valence-electron chi connectivity index (χ1n) is 6.65. The molecule has 20 heavy (non-hydrogen) atoms. The quantitative estimate of drug-likeness (QED) is 0.842. The summed E-state index contributed by atoms with van der Waals surface area (Å²) in [4.78, 5) is 36.2. The van der Waals surface area contributed by atoms with Crippen molar-refractivity contribution in [3.63, 3.8) is 0 Å². The van der Waals surface area contributed by atoms with Gasteiger partial charge in [-0.05, 0) is 37.5 Å². The Hall–Kier alpha value is -2.17. The molecule has 1 heterocycles. The van der Waals surface area contributed by atoms with Crippen LogP contribution in [-0.2, 0) is 9.59 Å². The van der Waals surface area contributed by atoms with E-state index in [1.54, 1.807) is 12.1 Å². The minimum Gasteiger partial charge on any atom is -0.354 e. The zero-order valence-corrected chi connectivity index (χ0v) is 11.7. The topological polar surface area (TPSA) is 66.5 Å². The Kier molecular flexibility index (Phi) is 4.17. The highest BCUT2D eigenvalue weighted by atomic mass is 16.2. The Morgan fingerprint density at radius 3 is 2.75 bits per heavy atom. The highest BCUT2D eigenvalue weighted by Crippen LogP contribution is 2.18. The molecule has 0 aromatic heterocycles. The molecular formula is C15H18N2O3. The lowest BCUT2D eigenvalue weighted by Crippen LogP contribution is -2.49. The maximum Gasteiger partial charge on any atom is 0.260 e. The van der Waals surface area contributed by atoms with Crippen LogP contribution in [0.1, 0.15) is 34.3 Å². The van der Waals surface area contributed by atoms with Crippen molar-refractivity contribution < 1.29 is 14.4 Å². The molecule has 2 rings (SSSR count). The van der Waals surface area contributed by atoms with Crippen LogP contribution in [0.4, 0.5) is 0 Å². The second-order valence-corrected chi connectivity index (χ2v) is 5.06. The highest BCUT2D eigenvalue weighted by Gasteiger charge is 2.28. The summed E-state index contributed by atoms with van der Waals surface area (Å²) >= 11 is 0. The fourth-order valence-electron chi connectivity index (χ4n) is 2.38. The molecule has 1 N–H and O–H groups in total. The second-order valence-electron chi connectivity index (χ2n) is 5.06. The normalized spacial score (nSPS) is 18.3. The van der Waals surface area contributed by atoms with E-state index in [1.807, 2.05) is 19.9 Å². The zero-order chi connectivity index (χ0) is 14.7. The fraction of sp³-hybridized carbons (Fsp3) is 0.400. The lowest BCUT2D eigenvalue weighted by molar-refractivity contribution is -0.125. The van der Waals surface area contributed by atoms with E-state index in [-0.39, 0.29) is 17.9 Å². The summed E-state index contributed by atoms with van der Waals surface area (Å²) in [7, 11) is 0. The minimum absolute atomic E-state index is 0.0358. The van der Waals surface area contributed by atoms with Gasteiger partial charge in [0.1, 0.15) is 0 Å². The number of imide groups is 1. The number of hydrogen-bond donors (Lipinski definition) is 1. The van der Waals surface area contributed by atoms with Crippen molar-refractivity contribution in [3.8, 4) is 0 Å². The van der Waals surface area contributed by atoms with Gasteiger partial charge in [-0.25, -0.2) is 0 Å². The Bertz CT molecular complexity index is 544. The molecule has 1 unspecified atom stereocenters. The molecule has 1 aliphatic rings. The predicted octanol–water partition coefficient (Wildman–Crippen LogP) is 1.18. The molecule has 1 saturated heterocycles. The number of nitrogens with one attached hydrogen (secondary N) is 1. The number of carbonyl (C=O) groups excluding carboxylic acids is 3. The molecular weight excluding hydrogens is 256 g/mol. The average Bonchev–Trinajstić information content (AvgIpc) is 2.44. The number of aryl methyl sites for hydroxylation is 1. The van der Waals surface area contributed by atoms with Crippen molar-refractivity contribution >= 4 is 18.2 Å². The van der Waals surface area contributed by atoms with E-state index in [4.69, 9.17) is 0 Å². The number of benzene rings is 1. The SMILES string of the molecule is Cc1cccc(C(=O)N(C=O)C2CCC(=O)NC2)c1C. The maximum atomic E-state index is 12.5. The van der Waals surface area contributed by atoms with Gasteiger partial charge in [-0.15, -0.1) is 0 Å². The smallest absolute Gasteiger partial charge is 0.260 e. The number of amides is 3. The minimum atomic E-state index is -0.303. The molecule has 1 atom stereocenters. The van der Waals surface area contributed by atoms with Gasteiger partial charge in [0, 0.05) is 18.5 Å². The summed E-state index contributed by atoms with van der Waals surface area (Å²) < 4.78 is 0. The van der Waals surface area contributed by atoms with E-state index in [0.29, 0.717) is 31.4 Å². The van der Waals surface area contributed by atoms with Crippen LogP contribution in [0, 0.1) is 13.8 Å². The van der Waals surface area contributed by atoms with E-state index >= 15 is 0 Å². The molecule has 5 heteroatoms.